The van der Waals surface area contributed by atoms with Crippen molar-refractivity contribution in [2.75, 3.05) is 18.5 Å². The minimum absolute atomic E-state index is 0.165. The average molecular weight is 677 g/mol. The number of amides is 2. The number of fused-ring (bicyclic) bond motifs is 1. The molecule has 1 aliphatic rings. The maximum atomic E-state index is 13.0. The molecular formula is C41H44N2O7. The molecule has 1 atom stereocenters. The van der Waals surface area contributed by atoms with Crippen molar-refractivity contribution in [2.45, 2.75) is 71.3 Å². The summed E-state index contributed by atoms with van der Waals surface area (Å²) in [7, 11) is 0. The van der Waals surface area contributed by atoms with Crippen LogP contribution >= 0.6 is 0 Å². The summed E-state index contributed by atoms with van der Waals surface area (Å²) < 4.78 is 16.8. The van der Waals surface area contributed by atoms with Crippen molar-refractivity contribution in [2.24, 2.45) is 0 Å². The van der Waals surface area contributed by atoms with E-state index < -0.39 is 17.9 Å². The Morgan fingerprint density at radius 2 is 1.46 bits per heavy atom. The lowest BCUT2D eigenvalue weighted by Crippen LogP contribution is -2.41. The van der Waals surface area contributed by atoms with Crippen molar-refractivity contribution in [1.82, 2.24) is 5.32 Å². The summed E-state index contributed by atoms with van der Waals surface area (Å²) in [6, 6.07) is 25.3. The number of benzene rings is 4. The number of carbonyl (C=O) groups excluding carboxylic acids is 4. The van der Waals surface area contributed by atoms with Gasteiger partial charge in [-0.05, 0) is 103 Å². The molecule has 2 amide bonds. The molecule has 0 unspecified atom stereocenters. The van der Waals surface area contributed by atoms with E-state index in [0.717, 1.165) is 41.7 Å². The quantitative estimate of drug-likeness (QED) is 0.0684. The molecule has 0 radical (unpaired) electrons. The van der Waals surface area contributed by atoms with E-state index in [2.05, 4.69) is 17.6 Å². The second kappa shape index (κ2) is 17.8. The van der Waals surface area contributed by atoms with Crippen LogP contribution in [0.5, 0.6) is 17.2 Å². The highest BCUT2D eigenvalue weighted by Crippen LogP contribution is 2.26. The third kappa shape index (κ3) is 10.5. The Bertz CT molecular complexity index is 1770. The Balaban J connectivity index is 1.07. The van der Waals surface area contributed by atoms with Gasteiger partial charge in [0.15, 0.2) is 5.78 Å². The number of ketones is 1. The van der Waals surface area contributed by atoms with Crippen LogP contribution in [0.3, 0.4) is 0 Å². The summed E-state index contributed by atoms with van der Waals surface area (Å²) in [6.45, 7) is 4.93. The molecule has 4 aromatic carbocycles. The lowest BCUT2D eigenvalue weighted by molar-refractivity contribution is -0.119. The zero-order chi connectivity index (χ0) is 35.3. The number of hydrogen-bond acceptors (Lipinski definition) is 7. The number of unbranched alkanes of at least 4 members (excludes halogenated alkanes) is 4. The number of esters is 1. The van der Waals surface area contributed by atoms with Crippen molar-refractivity contribution in [3.8, 4) is 17.2 Å². The van der Waals surface area contributed by atoms with E-state index in [1.807, 2.05) is 18.2 Å². The average Bonchev–Trinajstić information content (AvgIpc) is 3.59. The van der Waals surface area contributed by atoms with Crippen LogP contribution in [0, 0.1) is 0 Å². The minimum Gasteiger partial charge on any atom is -0.494 e. The maximum absolute atomic E-state index is 13.0. The number of carbonyl (C=O) groups is 4. The molecule has 4 aromatic rings. The first-order valence-corrected chi connectivity index (χ1v) is 17.3. The van der Waals surface area contributed by atoms with Gasteiger partial charge in [0.05, 0.1) is 31.2 Å². The van der Waals surface area contributed by atoms with Gasteiger partial charge in [0.1, 0.15) is 17.2 Å². The van der Waals surface area contributed by atoms with Crippen LogP contribution in [-0.4, -0.2) is 42.8 Å². The van der Waals surface area contributed by atoms with Crippen molar-refractivity contribution in [1.29, 1.82) is 0 Å². The lowest BCUT2D eigenvalue weighted by atomic mass is 10.0. The van der Waals surface area contributed by atoms with E-state index in [9.17, 15) is 19.2 Å². The van der Waals surface area contributed by atoms with Gasteiger partial charge in [-0.3, -0.25) is 14.4 Å². The summed E-state index contributed by atoms with van der Waals surface area (Å²) in [5, 5.41) is 5.67. The summed E-state index contributed by atoms with van der Waals surface area (Å²) in [4.78, 5) is 50.8. The van der Waals surface area contributed by atoms with Gasteiger partial charge >= 0.3 is 5.97 Å². The molecule has 0 fully saturated rings. The van der Waals surface area contributed by atoms with Crippen LogP contribution in [0.4, 0.5) is 5.69 Å². The Morgan fingerprint density at radius 1 is 0.780 bits per heavy atom. The maximum Gasteiger partial charge on any atom is 0.343 e. The van der Waals surface area contributed by atoms with Crippen LogP contribution in [0.15, 0.2) is 91.0 Å². The van der Waals surface area contributed by atoms with E-state index in [1.165, 1.54) is 26.2 Å². The van der Waals surface area contributed by atoms with Crippen molar-refractivity contribution in [3.05, 3.63) is 119 Å². The van der Waals surface area contributed by atoms with Gasteiger partial charge in [0, 0.05) is 17.7 Å². The fraction of sp³-hybridized carbons (Fsp3) is 0.317. The summed E-state index contributed by atoms with van der Waals surface area (Å²) in [5.41, 5.74) is 4.13. The number of hydrogen-bond donors (Lipinski definition) is 2. The number of Topliss-reactive ketones (excluding diaryl/α,β-unsaturated/α-hetero) is 1. The first kappa shape index (κ1) is 35.9. The second-order valence-corrected chi connectivity index (χ2v) is 12.5. The van der Waals surface area contributed by atoms with Crippen LogP contribution in [-0.2, 0) is 28.9 Å². The highest BCUT2D eigenvalue weighted by atomic mass is 16.5. The Hall–Kier alpha value is -5.44. The molecule has 0 saturated heterocycles. The van der Waals surface area contributed by atoms with Gasteiger partial charge in [-0.15, -0.1) is 0 Å². The van der Waals surface area contributed by atoms with Gasteiger partial charge in [-0.25, -0.2) is 4.79 Å². The fourth-order valence-corrected chi connectivity index (χ4v) is 5.66. The highest BCUT2D eigenvalue weighted by molar-refractivity contribution is 5.98. The van der Waals surface area contributed by atoms with E-state index in [1.54, 1.807) is 72.8 Å². The molecule has 0 saturated carbocycles. The molecule has 1 aliphatic heterocycles. The fourth-order valence-electron chi connectivity index (χ4n) is 5.66. The molecule has 0 bridgehead atoms. The lowest BCUT2D eigenvalue weighted by Gasteiger charge is -2.17. The molecule has 0 spiro atoms. The first-order chi connectivity index (χ1) is 24.3. The Kier molecular flexibility index (Phi) is 12.8. The molecule has 0 aromatic heterocycles. The standard InChI is InChI=1S/C41H44N2O7/c1-3-4-5-6-7-23-48-35-19-13-32(14-20-35)41(47)50-36-17-8-29(9-18-36)26-37(28(2)44)43-40(46)31-11-15-34(16-12-31)42-39(45)27-30-10-21-38-33(25-30)22-24-49-38/h8-21,25,37H,3-7,22-24,26-27H2,1-2H3,(H,42,45)(H,43,46)/t37-/m0/s1. The number of anilines is 1. The zero-order valence-electron chi connectivity index (χ0n) is 28.7. The molecule has 9 nitrogen and oxygen atoms in total. The number of nitrogens with one attached hydrogen (secondary N) is 2. The van der Waals surface area contributed by atoms with Gasteiger partial charge < -0.3 is 24.8 Å². The van der Waals surface area contributed by atoms with Crippen LogP contribution in [0.2, 0.25) is 0 Å². The summed E-state index contributed by atoms with van der Waals surface area (Å²) in [6.07, 6.45) is 7.14. The van der Waals surface area contributed by atoms with Gasteiger partial charge in [0.25, 0.3) is 5.91 Å². The van der Waals surface area contributed by atoms with Crippen LogP contribution in [0.25, 0.3) is 0 Å². The topological polar surface area (TPSA) is 120 Å². The van der Waals surface area contributed by atoms with Crippen LogP contribution in [0.1, 0.15) is 83.4 Å². The third-order valence-corrected chi connectivity index (χ3v) is 8.53. The number of rotatable bonds is 17. The smallest absolute Gasteiger partial charge is 0.343 e. The predicted molar refractivity (Wildman–Crippen MR) is 192 cm³/mol. The zero-order valence-corrected chi connectivity index (χ0v) is 28.7. The molecule has 260 valence electrons. The molecule has 1 heterocycles. The van der Waals surface area contributed by atoms with E-state index in [4.69, 9.17) is 14.2 Å². The normalized spacial score (nSPS) is 12.3. The summed E-state index contributed by atoms with van der Waals surface area (Å²) >= 11 is 0. The van der Waals surface area contributed by atoms with E-state index in [-0.39, 0.29) is 24.5 Å². The van der Waals surface area contributed by atoms with Crippen LogP contribution < -0.4 is 24.8 Å². The first-order valence-electron chi connectivity index (χ1n) is 17.3. The largest absolute Gasteiger partial charge is 0.494 e. The van der Waals surface area contributed by atoms with Gasteiger partial charge in [0.2, 0.25) is 5.91 Å². The number of ether oxygens (including phenoxy) is 3. The molecule has 0 aliphatic carbocycles. The SMILES string of the molecule is CCCCCCCOc1ccc(C(=O)Oc2ccc(C[C@H](NC(=O)c3ccc(NC(=O)Cc4ccc5c(c4)CCO5)cc3)C(C)=O)cc2)cc1. The second-order valence-electron chi connectivity index (χ2n) is 12.5. The van der Waals surface area contributed by atoms with Crippen molar-refractivity contribution >= 4 is 29.3 Å². The Morgan fingerprint density at radius 3 is 2.18 bits per heavy atom. The molecule has 2 N–H and O–H groups in total. The van der Waals surface area contributed by atoms with Crippen molar-refractivity contribution < 1.29 is 33.4 Å². The predicted octanol–water partition coefficient (Wildman–Crippen LogP) is 7.30. The van der Waals surface area contributed by atoms with Gasteiger partial charge in [-0.2, -0.15) is 0 Å². The minimum atomic E-state index is -0.759. The molecule has 9 heteroatoms. The van der Waals surface area contributed by atoms with Crippen molar-refractivity contribution in [3.63, 3.8) is 0 Å². The molecule has 50 heavy (non-hydrogen) atoms. The van der Waals surface area contributed by atoms with Gasteiger partial charge in [-0.1, -0.05) is 56.9 Å². The molecule has 5 rings (SSSR count). The third-order valence-electron chi connectivity index (χ3n) is 8.53. The molecular weight excluding hydrogens is 632 g/mol. The Labute approximate surface area is 293 Å². The highest BCUT2D eigenvalue weighted by Gasteiger charge is 2.20. The van der Waals surface area contributed by atoms with E-state index in [0.29, 0.717) is 41.5 Å². The van der Waals surface area contributed by atoms with E-state index >= 15 is 0 Å². The summed E-state index contributed by atoms with van der Waals surface area (Å²) in [5.74, 6) is 0.700. The monoisotopic (exact) mass is 676 g/mol.